The quantitative estimate of drug-likeness (QED) is 0.829. The summed E-state index contributed by atoms with van der Waals surface area (Å²) in [6.45, 7) is 7.13. The predicted molar refractivity (Wildman–Crippen MR) is 70.7 cm³/mol. The van der Waals surface area contributed by atoms with Crippen LogP contribution >= 0.6 is 11.5 Å². The zero-order valence-electron chi connectivity index (χ0n) is 10.7. The third kappa shape index (κ3) is 3.64. The molecule has 17 heavy (non-hydrogen) atoms. The first-order chi connectivity index (χ1) is 8.29. The number of rotatable bonds is 4. The molecule has 4 nitrogen and oxygen atoms in total. The molecule has 5 heteroatoms. The van der Waals surface area contributed by atoms with Gasteiger partial charge in [0.15, 0.2) is 0 Å². The van der Waals surface area contributed by atoms with E-state index in [1.54, 1.807) is 0 Å². The van der Waals surface area contributed by atoms with E-state index in [4.69, 9.17) is 4.74 Å². The summed E-state index contributed by atoms with van der Waals surface area (Å²) in [6, 6.07) is 0. The molecule has 1 aromatic heterocycles. The standard InChI is InChI=1S/C12H21N3OS/c1-3-9-16-11-5-4-7-15(8-6-11)12-13-10(2)14-17-12/h11H,3-9H2,1-2H3. The lowest BCUT2D eigenvalue weighted by atomic mass is 10.2. The van der Waals surface area contributed by atoms with Crippen LogP contribution in [-0.4, -0.2) is 35.2 Å². The number of hydrogen-bond acceptors (Lipinski definition) is 5. The molecule has 1 atom stereocenters. The van der Waals surface area contributed by atoms with Crippen LogP contribution in [0.1, 0.15) is 38.4 Å². The fourth-order valence-corrected chi connectivity index (χ4v) is 2.85. The van der Waals surface area contributed by atoms with E-state index in [1.165, 1.54) is 24.4 Å². The summed E-state index contributed by atoms with van der Waals surface area (Å²) in [7, 11) is 0. The Kier molecular flexibility index (Phi) is 4.74. The van der Waals surface area contributed by atoms with Crippen LogP contribution < -0.4 is 4.90 Å². The van der Waals surface area contributed by atoms with E-state index in [9.17, 15) is 0 Å². The fraction of sp³-hybridized carbons (Fsp3) is 0.833. The fourth-order valence-electron chi connectivity index (χ4n) is 2.12. The van der Waals surface area contributed by atoms with E-state index in [0.29, 0.717) is 6.10 Å². The Hall–Kier alpha value is -0.680. The lowest BCUT2D eigenvalue weighted by molar-refractivity contribution is 0.0461. The average Bonchev–Trinajstić information content (AvgIpc) is 2.63. The molecule has 2 rings (SSSR count). The first kappa shape index (κ1) is 12.8. The van der Waals surface area contributed by atoms with E-state index in [1.807, 2.05) is 6.92 Å². The lowest BCUT2D eigenvalue weighted by Crippen LogP contribution is -2.24. The van der Waals surface area contributed by atoms with Gasteiger partial charge in [0, 0.05) is 31.2 Å². The maximum absolute atomic E-state index is 5.84. The third-order valence-corrected chi connectivity index (χ3v) is 3.89. The van der Waals surface area contributed by atoms with Crippen molar-refractivity contribution in [3.63, 3.8) is 0 Å². The molecule has 0 spiro atoms. The molecule has 1 aliphatic rings. The summed E-state index contributed by atoms with van der Waals surface area (Å²) in [4.78, 5) is 6.80. The zero-order chi connectivity index (χ0) is 12.1. The summed E-state index contributed by atoms with van der Waals surface area (Å²) in [5.74, 6) is 0.882. The highest BCUT2D eigenvalue weighted by Gasteiger charge is 2.19. The minimum absolute atomic E-state index is 0.439. The van der Waals surface area contributed by atoms with Crippen LogP contribution in [0.15, 0.2) is 0 Å². The molecule has 0 aliphatic carbocycles. The molecular weight excluding hydrogens is 234 g/mol. The number of nitrogens with zero attached hydrogens (tertiary/aromatic N) is 3. The number of hydrogen-bond donors (Lipinski definition) is 0. The van der Waals surface area contributed by atoms with Crippen molar-refractivity contribution in [1.29, 1.82) is 0 Å². The number of ether oxygens (including phenoxy) is 1. The summed E-state index contributed by atoms with van der Waals surface area (Å²) in [6.07, 6.45) is 5.02. The molecule has 1 unspecified atom stereocenters. The maximum Gasteiger partial charge on any atom is 0.205 e. The minimum atomic E-state index is 0.439. The van der Waals surface area contributed by atoms with E-state index in [-0.39, 0.29) is 0 Å². The molecule has 1 aromatic rings. The average molecular weight is 255 g/mol. The minimum Gasteiger partial charge on any atom is -0.378 e. The van der Waals surface area contributed by atoms with Gasteiger partial charge in [-0.25, -0.2) is 4.98 Å². The maximum atomic E-state index is 5.84. The van der Waals surface area contributed by atoms with Crippen LogP contribution in [0.2, 0.25) is 0 Å². The second kappa shape index (κ2) is 6.31. The monoisotopic (exact) mass is 255 g/mol. The van der Waals surface area contributed by atoms with Crippen LogP contribution in [0.4, 0.5) is 5.13 Å². The highest BCUT2D eigenvalue weighted by atomic mass is 32.1. The Balaban J connectivity index is 1.87. The molecular formula is C12H21N3OS. The van der Waals surface area contributed by atoms with Gasteiger partial charge in [0.25, 0.3) is 0 Å². The van der Waals surface area contributed by atoms with Gasteiger partial charge in [-0.1, -0.05) is 6.92 Å². The summed E-state index contributed by atoms with van der Waals surface area (Å²) in [5.41, 5.74) is 0. The van der Waals surface area contributed by atoms with Gasteiger partial charge in [-0.15, -0.1) is 0 Å². The Bertz CT molecular complexity index is 342. The van der Waals surface area contributed by atoms with Crippen molar-refractivity contribution < 1.29 is 4.74 Å². The van der Waals surface area contributed by atoms with Crippen LogP contribution in [0.3, 0.4) is 0 Å². The Morgan fingerprint density at radius 2 is 2.29 bits per heavy atom. The number of aryl methyl sites for hydroxylation is 1. The smallest absolute Gasteiger partial charge is 0.205 e. The molecule has 0 aromatic carbocycles. The normalized spacial score (nSPS) is 21.5. The van der Waals surface area contributed by atoms with Crippen LogP contribution in [-0.2, 0) is 4.74 Å². The van der Waals surface area contributed by atoms with Crippen molar-refractivity contribution in [1.82, 2.24) is 9.36 Å². The first-order valence-corrected chi connectivity index (χ1v) is 7.23. The van der Waals surface area contributed by atoms with Gasteiger partial charge < -0.3 is 9.64 Å². The number of anilines is 1. The molecule has 1 saturated heterocycles. The Morgan fingerprint density at radius 1 is 1.41 bits per heavy atom. The van der Waals surface area contributed by atoms with Gasteiger partial charge in [-0.2, -0.15) is 4.37 Å². The van der Waals surface area contributed by atoms with E-state index in [2.05, 4.69) is 21.2 Å². The van der Waals surface area contributed by atoms with Crippen molar-refractivity contribution in [2.75, 3.05) is 24.6 Å². The predicted octanol–water partition coefficient (Wildman–Crippen LogP) is 2.63. The third-order valence-electron chi connectivity index (χ3n) is 3.02. The molecule has 0 amide bonds. The van der Waals surface area contributed by atoms with Crippen LogP contribution in [0.5, 0.6) is 0 Å². The molecule has 1 aliphatic heterocycles. The van der Waals surface area contributed by atoms with E-state index >= 15 is 0 Å². The first-order valence-electron chi connectivity index (χ1n) is 6.46. The summed E-state index contributed by atoms with van der Waals surface area (Å²) in [5, 5.41) is 1.07. The zero-order valence-corrected chi connectivity index (χ0v) is 11.5. The highest BCUT2D eigenvalue weighted by molar-refractivity contribution is 7.09. The van der Waals surface area contributed by atoms with Gasteiger partial charge in [-0.05, 0) is 32.6 Å². The van der Waals surface area contributed by atoms with Crippen molar-refractivity contribution in [3.8, 4) is 0 Å². The lowest BCUT2D eigenvalue weighted by Gasteiger charge is -2.18. The molecule has 1 fully saturated rings. The Morgan fingerprint density at radius 3 is 3.00 bits per heavy atom. The molecule has 96 valence electrons. The SMILES string of the molecule is CCCOC1CCCN(c2nc(C)ns2)CC1. The second-order valence-corrected chi connectivity index (χ2v) is 5.27. The molecule has 2 heterocycles. The van der Waals surface area contributed by atoms with E-state index < -0.39 is 0 Å². The van der Waals surface area contributed by atoms with Gasteiger partial charge in [0.1, 0.15) is 5.82 Å². The molecule has 0 bridgehead atoms. The van der Waals surface area contributed by atoms with Crippen molar-refractivity contribution in [2.45, 2.75) is 45.6 Å². The van der Waals surface area contributed by atoms with Gasteiger partial charge in [-0.3, -0.25) is 0 Å². The molecule has 0 radical (unpaired) electrons. The molecule has 0 N–H and O–H groups in total. The topological polar surface area (TPSA) is 38.2 Å². The summed E-state index contributed by atoms with van der Waals surface area (Å²) < 4.78 is 10.1. The van der Waals surface area contributed by atoms with Gasteiger partial charge >= 0.3 is 0 Å². The van der Waals surface area contributed by atoms with Gasteiger partial charge in [0.05, 0.1) is 6.10 Å². The van der Waals surface area contributed by atoms with E-state index in [0.717, 1.165) is 43.5 Å². The number of aromatic nitrogens is 2. The van der Waals surface area contributed by atoms with Crippen LogP contribution in [0.25, 0.3) is 0 Å². The van der Waals surface area contributed by atoms with Crippen LogP contribution in [0, 0.1) is 6.92 Å². The van der Waals surface area contributed by atoms with Crippen molar-refractivity contribution >= 4 is 16.7 Å². The van der Waals surface area contributed by atoms with Crippen molar-refractivity contribution in [3.05, 3.63) is 5.82 Å². The largest absolute Gasteiger partial charge is 0.378 e. The highest BCUT2D eigenvalue weighted by Crippen LogP contribution is 2.22. The van der Waals surface area contributed by atoms with Gasteiger partial charge in [0.2, 0.25) is 5.13 Å². The van der Waals surface area contributed by atoms with Crippen molar-refractivity contribution in [2.24, 2.45) is 0 Å². The Labute approximate surface area is 107 Å². The summed E-state index contributed by atoms with van der Waals surface area (Å²) >= 11 is 1.51. The molecule has 0 saturated carbocycles. The second-order valence-electron chi connectivity index (χ2n) is 4.53.